The predicted molar refractivity (Wildman–Crippen MR) is 42.9 cm³/mol. The van der Waals surface area contributed by atoms with Crippen LogP contribution in [0.2, 0.25) is 0 Å². The Bertz CT molecular complexity index is 303. The number of hydrogen-bond donors (Lipinski definition) is 3. The van der Waals surface area contributed by atoms with E-state index in [1.165, 1.54) is 0 Å². The lowest BCUT2D eigenvalue weighted by Crippen LogP contribution is -2.10. The van der Waals surface area contributed by atoms with E-state index in [4.69, 9.17) is 5.11 Å². The maximum atomic E-state index is 10.4. The minimum atomic E-state index is -1.42. The first-order chi connectivity index (χ1) is 5.52. The average Bonchev–Trinajstić information content (AvgIpc) is 2.28. The molecule has 12 heavy (non-hydrogen) atoms. The van der Waals surface area contributed by atoms with Crippen molar-refractivity contribution in [1.29, 1.82) is 0 Å². The summed E-state index contributed by atoms with van der Waals surface area (Å²) < 4.78 is 0. The van der Waals surface area contributed by atoms with Crippen LogP contribution in [0.4, 0.5) is 0 Å². The van der Waals surface area contributed by atoms with Crippen LogP contribution in [0.1, 0.15) is 23.1 Å². The fourth-order valence-electron chi connectivity index (χ4n) is 1.16. The molecule has 0 saturated heterocycles. The summed E-state index contributed by atoms with van der Waals surface area (Å²) in [6, 6.07) is 1.63. The number of aromatic nitrogens is 1. The molecule has 66 valence electrons. The van der Waals surface area contributed by atoms with Crippen LogP contribution < -0.4 is 0 Å². The molecule has 0 radical (unpaired) electrons. The van der Waals surface area contributed by atoms with Gasteiger partial charge in [-0.1, -0.05) is 0 Å². The van der Waals surface area contributed by atoms with E-state index in [1.54, 1.807) is 13.0 Å². The summed E-state index contributed by atoms with van der Waals surface area (Å²) in [5.41, 5.74) is 1.98. The van der Waals surface area contributed by atoms with Gasteiger partial charge < -0.3 is 15.2 Å². The molecule has 0 aliphatic carbocycles. The number of rotatable bonds is 2. The second-order valence-corrected chi connectivity index (χ2v) is 2.77. The zero-order chi connectivity index (χ0) is 9.30. The van der Waals surface area contributed by atoms with E-state index < -0.39 is 12.1 Å². The van der Waals surface area contributed by atoms with Crippen LogP contribution in [-0.2, 0) is 4.79 Å². The summed E-state index contributed by atoms with van der Waals surface area (Å²) in [5.74, 6) is -1.22. The molecule has 0 saturated carbocycles. The first kappa shape index (κ1) is 8.80. The van der Waals surface area contributed by atoms with E-state index in [0.717, 1.165) is 5.69 Å². The third-order valence-electron chi connectivity index (χ3n) is 1.72. The molecule has 1 aromatic rings. The van der Waals surface area contributed by atoms with Crippen molar-refractivity contribution < 1.29 is 15.0 Å². The van der Waals surface area contributed by atoms with Crippen molar-refractivity contribution in [1.82, 2.24) is 4.98 Å². The van der Waals surface area contributed by atoms with Gasteiger partial charge in [0.25, 0.3) is 0 Å². The first-order valence-electron chi connectivity index (χ1n) is 3.59. The van der Waals surface area contributed by atoms with E-state index in [1.807, 2.05) is 6.92 Å². The zero-order valence-corrected chi connectivity index (χ0v) is 6.96. The average molecular weight is 169 g/mol. The molecule has 1 aromatic heterocycles. The first-order valence-corrected chi connectivity index (χ1v) is 3.59. The maximum Gasteiger partial charge on any atom is 0.337 e. The van der Waals surface area contributed by atoms with Crippen molar-refractivity contribution in [2.24, 2.45) is 0 Å². The van der Waals surface area contributed by atoms with E-state index in [9.17, 15) is 9.90 Å². The number of aliphatic carboxylic acids is 1. The lowest BCUT2D eigenvalue weighted by Gasteiger charge is -2.02. The number of aliphatic hydroxyl groups excluding tert-OH is 1. The number of carboxylic acid groups (broad SMARTS) is 1. The minimum Gasteiger partial charge on any atom is -0.479 e. The van der Waals surface area contributed by atoms with Crippen molar-refractivity contribution in [3.05, 3.63) is 23.0 Å². The van der Waals surface area contributed by atoms with Gasteiger partial charge in [-0.25, -0.2) is 4.79 Å². The normalized spacial score (nSPS) is 12.9. The zero-order valence-electron chi connectivity index (χ0n) is 6.96. The van der Waals surface area contributed by atoms with Gasteiger partial charge in [-0.15, -0.1) is 0 Å². The molecule has 0 aliphatic heterocycles. The quantitative estimate of drug-likeness (QED) is 0.611. The molecule has 3 N–H and O–H groups in total. The van der Waals surface area contributed by atoms with Crippen LogP contribution in [0.25, 0.3) is 0 Å². The highest BCUT2D eigenvalue weighted by atomic mass is 16.4. The van der Waals surface area contributed by atoms with Crippen molar-refractivity contribution in [2.75, 3.05) is 0 Å². The molecule has 4 nitrogen and oxygen atoms in total. The van der Waals surface area contributed by atoms with Gasteiger partial charge in [0.05, 0.1) is 0 Å². The summed E-state index contributed by atoms with van der Waals surface area (Å²) in [6.07, 6.45) is -1.42. The molecular weight excluding hydrogens is 158 g/mol. The number of H-pyrrole nitrogens is 1. The Kier molecular flexibility index (Phi) is 2.19. The van der Waals surface area contributed by atoms with E-state index in [-0.39, 0.29) is 0 Å². The van der Waals surface area contributed by atoms with Crippen molar-refractivity contribution in [3.63, 3.8) is 0 Å². The number of aryl methyl sites for hydroxylation is 2. The molecule has 0 aliphatic rings. The molecule has 1 atom stereocenters. The third-order valence-corrected chi connectivity index (χ3v) is 1.72. The molecular formula is C8H11NO3. The number of carbonyl (C=O) groups is 1. The second kappa shape index (κ2) is 2.98. The summed E-state index contributed by atoms with van der Waals surface area (Å²) in [6.45, 7) is 3.54. The fourth-order valence-corrected chi connectivity index (χ4v) is 1.16. The van der Waals surface area contributed by atoms with Gasteiger partial charge in [0.1, 0.15) is 0 Å². The van der Waals surface area contributed by atoms with Crippen LogP contribution in [0.5, 0.6) is 0 Å². The molecule has 0 bridgehead atoms. The van der Waals surface area contributed by atoms with E-state index >= 15 is 0 Å². The highest BCUT2D eigenvalue weighted by Gasteiger charge is 2.19. The monoisotopic (exact) mass is 169 g/mol. The number of aliphatic hydroxyl groups is 1. The highest BCUT2D eigenvalue weighted by Crippen LogP contribution is 2.18. The Labute approximate surface area is 69.9 Å². The van der Waals surface area contributed by atoms with Gasteiger partial charge in [-0.05, 0) is 19.9 Å². The van der Waals surface area contributed by atoms with Crippen LogP contribution >= 0.6 is 0 Å². The summed E-state index contributed by atoms with van der Waals surface area (Å²) in [5, 5.41) is 17.7. The predicted octanol–water partition coefficient (Wildman–Crippen LogP) is 0.750. The van der Waals surface area contributed by atoms with Crippen LogP contribution in [0.15, 0.2) is 6.07 Å². The van der Waals surface area contributed by atoms with Gasteiger partial charge in [-0.3, -0.25) is 0 Å². The van der Waals surface area contributed by atoms with Gasteiger partial charge in [0, 0.05) is 17.0 Å². The molecule has 4 heteroatoms. The molecule has 0 fully saturated rings. The van der Waals surface area contributed by atoms with Gasteiger partial charge in [0.15, 0.2) is 6.10 Å². The van der Waals surface area contributed by atoms with E-state index in [0.29, 0.717) is 11.3 Å². The Morgan fingerprint density at radius 2 is 2.17 bits per heavy atom. The largest absolute Gasteiger partial charge is 0.479 e. The Morgan fingerprint density at radius 1 is 1.58 bits per heavy atom. The number of aromatic amines is 1. The highest BCUT2D eigenvalue weighted by molar-refractivity contribution is 5.74. The fraction of sp³-hybridized carbons (Fsp3) is 0.375. The summed E-state index contributed by atoms with van der Waals surface area (Å²) in [4.78, 5) is 13.3. The SMILES string of the molecule is Cc1cc(C(O)C(=O)O)c(C)[nH]1. The number of nitrogens with one attached hydrogen (secondary N) is 1. The van der Waals surface area contributed by atoms with Gasteiger partial charge >= 0.3 is 5.97 Å². The molecule has 1 heterocycles. The van der Waals surface area contributed by atoms with Crippen molar-refractivity contribution >= 4 is 5.97 Å². The summed E-state index contributed by atoms with van der Waals surface area (Å²) >= 11 is 0. The topological polar surface area (TPSA) is 73.3 Å². The minimum absolute atomic E-state index is 0.431. The van der Waals surface area contributed by atoms with Crippen LogP contribution in [-0.4, -0.2) is 21.2 Å². The van der Waals surface area contributed by atoms with Gasteiger partial charge in [0.2, 0.25) is 0 Å². The molecule has 0 spiro atoms. The lowest BCUT2D eigenvalue weighted by molar-refractivity contribution is -0.147. The maximum absolute atomic E-state index is 10.4. The summed E-state index contributed by atoms with van der Waals surface area (Å²) in [7, 11) is 0. The smallest absolute Gasteiger partial charge is 0.337 e. The Balaban J connectivity index is 3.02. The van der Waals surface area contributed by atoms with Crippen LogP contribution in [0, 0.1) is 13.8 Å². The Morgan fingerprint density at radius 3 is 2.50 bits per heavy atom. The lowest BCUT2D eigenvalue weighted by atomic mass is 10.1. The van der Waals surface area contributed by atoms with Gasteiger partial charge in [-0.2, -0.15) is 0 Å². The number of hydrogen-bond acceptors (Lipinski definition) is 2. The number of carboxylic acids is 1. The van der Waals surface area contributed by atoms with Crippen LogP contribution in [0.3, 0.4) is 0 Å². The molecule has 1 unspecified atom stereocenters. The second-order valence-electron chi connectivity index (χ2n) is 2.77. The molecule has 1 rings (SSSR count). The standard InChI is InChI=1S/C8H11NO3/c1-4-3-6(5(2)9-4)7(10)8(11)12/h3,7,9-10H,1-2H3,(H,11,12). The van der Waals surface area contributed by atoms with E-state index in [2.05, 4.69) is 4.98 Å². The van der Waals surface area contributed by atoms with Crippen molar-refractivity contribution in [3.8, 4) is 0 Å². The van der Waals surface area contributed by atoms with Crippen molar-refractivity contribution in [2.45, 2.75) is 20.0 Å². The Hall–Kier alpha value is -1.29. The molecule has 0 amide bonds. The molecule has 0 aromatic carbocycles. The third kappa shape index (κ3) is 1.48.